The zero-order valence-electron chi connectivity index (χ0n) is 12.4. The Bertz CT molecular complexity index is 687. The SMILES string of the molecule is COc1c(O)c(O)c(O)c2c1C1OC(CO)C(O)C(O)C1OC2=O. The van der Waals surface area contributed by atoms with E-state index in [0.29, 0.717) is 0 Å². The van der Waals surface area contributed by atoms with E-state index < -0.39 is 65.9 Å². The van der Waals surface area contributed by atoms with Gasteiger partial charge in [0.2, 0.25) is 11.5 Å². The van der Waals surface area contributed by atoms with Crippen LogP contribution in [-0.2, 0) is 9.47 Å². The number of esters is 1. The zero-order valence-corrected chi connectivity index (χ0v) is 12.4. The van der Waals surface area contributed by atoms with Crippen molar-refractivity contribution < 1.29 is 49.6 Å². The summed E-state index contributed by atoms with van der Waals surface area (Å²) in [6.07, 6.45) is -6.91. The van der Waals surface area contributed by atoms with E-state index in [1.165, 1.54) is 0 Å². The highest BCUT2D eigenvalue weighted by molar-refractivity contribution is 5.98. The average Bonchev–Trinajstić information content (AvgIpc) is 2.56. The van der Waals surface area contributed by atoms with E-state index >= 15 is 0 Å². The minimum Gasteiger partial charge on any atom is -0.504 e. The molecular weight excluding hydrogens is 328 g/mol. The third-order valence-electron chi connectivity index (χ3n) is 4.22. The molecular formula is C14H16O10. The van der Waals surface area contributed by atoms with Gasteiger partial charge in [0.1, 0.15) is 30.0 Å². The Kier molecular flexibility index (Phi) is 3.92. The van der Waals surface area contributed by atoms with Crippen molar-refractivity contribution in [3.63, 3.8) is 0 Å². The number of phenols is 3. The summed E-state index contributed by atoms with van der Waals surface area (Å²) < 4.78 is 15.5. The maximum Gasteiger partial charge on any atom is 0.343 e. The van der Waals surface area contributed by atoms with Crippen LogP contribution in [0.15, 0.2) is 0 Å². The number of hydrogen-bond donors (Lipinski definition) is 6. The molecule has 2 aliphatic heterocycles. The predicted molar refractivity (Wildman–Crippen MR) is 73.9 cm³/mol. The van der Waals surface area contributed by atoms with Crippen LogP contribution in [-0.4, -0.2) is 74.7 Å². The van der Waals surface area contributed by atoms with Gasteiger partial charge in [-0.2, -0.15) is 0 Å². The van der Waals surface area contributed by atoms with Gasteiger partial charge in [0.15, 0.2) is 17.6 Å². The van der Waals surface area contributed by atoms with Crippen molar-refractivity contribution in [3.05, 3.63) is 11.1 Å². The molecule has 1 aromatic rings. The molecule has 0 spiro atoms. The van der Waals surface area contributed by atoms with Gasteiger partial charge in [-0.05, 0) is 0 Å². The number of aliphatic hydroxyl groups is 3. The molecule has 5 unspecified atom stereocenters. The summed E-state index contributed by atoms with van der Waals surface area (Å²) in [5.74, 6) is -4.19. The Hall–Kier alpha value is -2.27. The summed E-state index contributed by atoms with van der Waals surface area (Å²) in [5, 5.41) is 58.9. The van der Waals surface area contributed by atoms with Gasteiger partial charge in [-0.3, -0.25) is 0 Å². The Balaban J connectivity index is 2.23. The molecule has 0 aromatic heterocycles. The van der Waals surface area contributed by atoms with Crippen molar-refractivity contribution in [2.45, 2.75) is 30.5 Å². The van der Waals surface area contributed by atoms with Crippen molar-refractivity contribution in [3.8, 4) is 23.0 Å². The van der Waals surface area contributed by atoms with Gasteiger partial charge in [0.25, 0.3) is 0 Å². The standard InChI is InChI=1S/C14H16O10/c1-22-11-5-4(7(17)8(18)10(11)20)14(21)24-13-9(19)6(16)3(2-15)23-12(5)13/h3,6,9,12-13,15-20H,2H2,1H3. The van der Waals surface area contributed by atoms with Crippen molar-refractivity contribution in [1.82, 2.24) is 0 Å². The largest absolute Gasteiger partial charge is 0.504 e. The molecule has 1 saturated heterocycles. The van der Waals surface area contributed by atoms with Gasteiger partial charge in [-0.25, -0.2) is 4.79 Å². The van der Waals surface area contributed by atoms with Crippen molar-refractivity contribution in [1.29, 1.82) is 0 Å². The van der Waals surface area contributed by atoms with Crippen LogP contribution in [0.25, 0.3) is 0 Å². The molecule has 2 aliphatic rings. The Labute approximate surface area is 135 Å². The molecule has 0 amide bonds. The smallest absolute Gasteiger partial charge is 0.343 e. The number of carbonyl (C=O) groups is 1. The summed E-state index contributed by atoms with van der Waals surface area (Å²) in [7, 11) is 1.15. The second kappa shape index (κ2) is 5.67. The number of aromatic hydroxyl groups is 3. The summed E-state index contributed by atoms with van der Waals surface area (Å²) in [4.78, 5) is 12.2. The van der Waals surface area contributed by atoms with Crippen LogP contribution in [0.5, 0.6) is 23.0 Å². The van der Waals surface area contributed by atoms with Crippen LogP contribution in [0.4, 0.5) is 0 Å². The molecule has 2 heterocycles. The quantitative estimate of drug-likeness (QED) is 0.275. The van der Waals surface area contributed by atoms with Crippen molar-refractivity contribution in [2.24, 2.45) is 0 Å². The lowest BCUT2D eigenvalue weighted by Gasteiger charge is -2.44. The molecule has 10 nitrogen and oxygen atoms in total. The van der Waals surface area contributed by atoms with Crippen LogP contribution in [0.3, 0.4) is 0 Å². The van der Waals surface area contributed by atoms with Crippen molar-refractivity contribution >= 4 is 5.97 Å². The summed E-state index contributed by atoms with van der Waals surface area (Å²) in [5.41, 5.74) is -0.653. The first kappa shape index (κ1) is 16.6. The number of carbonyl (C=O) groups excluding carboxylic acids is 1. The number of phenolic OH excluding ortho intramolecular Hbond substituents is 3. The van der Waals surface area contributed by atoms with E-state index in [1.807, 2.05) is 0 Å². The fraction of sp³-hybridized carbons (Fsp3) is 0.500. The molecule has 0 bridgehead atoms. The normalized spacial score (nSPS) is 31.8. The van der Waals surface area contributed by atoms with Gasteiger partial charge >= 0.3 is 5.97 Å². The number of rotatable bonds is 2. The van der Waals surface area contributed by atoms with Gasteiger partial charge in [-0.15, -0.1) is 0 Å². The van der Waals surface area contributed by atoms with Crippen LogP contribution in [0.1, 0.15) is 22.0 Å². The second-order valence-corrected chi connectivity index (χ2v) is 5.50. The van der Waals surface area contributed by atoms with Gasteiger partial charge in [0, 0.05) is 5.56 Å². The number of hydrogen-bond acceptors (Lipinski definition) is 10. The van der Waals surface area contributed by atoms with Crippen LogP contribution in [0, 0.1) is 0 Å². The number of fused-ring (bicyclic) bond motifs is 3. The molecule has 132 valence electrons. The fourth-order valence-corrected chi connectivity index (χ4v) is 3.03. The number of benzene rings is 1. The van der Waals surface area contributed by atoms with Crippen LogP contribution in [0.2, 0.25) is 0 Å². The topological polar surface area (TPSA) is 166 Å². The minimum atomic E-state index is -1.58. The number of methoxy groups -OCH3 is 1. The molecule has 1 fully saturated rings. The molecule has 0 radical (unpaired) electrons. The predicted octanol–water partition coefficient (Wildman–Crippen LogP) is -1.50. The third kappa shape index (κ3) is 2.08. The molecule has 1 aromatic carbocycles. The first-order chi connectivity index (χ1) is 11.3. The molecule has 0 saturated carbocycles. The highest BCUT2D eigenvalue weighted by Crippen LogP contribution is 2.54. The first-order valence-corrected chi connectivity index (χ1v) is 7.01. The highest BCUT2D eigenvalue weighted by Gasteiger charge is 2.53. The van der Waals surface area contributed by atoms with E-state index in [0.717, 1.165) is 7.11 Å². The maximum absolute atomic E-state index is 12.2. The van der Waals surface area contributed by atoms with E-state index in [9.17, 15) is 35.4 Å². The highest BCUT2D eigenvalue weighted by atomic mass is 16.6. The molecule has 10 heteroatoms. The number of ether oxygens (including phenoxy) is 3. The van der Waals surface area contributed by atoms with Crippen molar-refractivity contribution in [2.75, 3.05) is 13.7 Å². The average molecular weight is 344 g/mol. The lowest BCUT2D eigenvalue weighted by Crippen LogP contribution is -2.58. The Morgan fingerprint density at radius 1 is 1.08 bits per heavy atom. The van der Waals surface area contributed by atoms with E-state index in [-0.39, 0.29) is 11.3 Å². The first-order valence-electron chi connectivity index (χ1n) is 7.01. The second-order valence-electron chi connectivity index (χ2n) is 5.50. The molecule has 24 heavy (non-hydrogen) atoms. The van der Waals surface area contributed by atoms with Crippen LogP contribution < -0.4 is 4.74 Å². The zero-order chi connectivity index (χ0) is 17.8. The van der Waals surface area contributed by atoms with Crippen LogP contribution >= 0.6 is 0 Å². The third-order valence-corrected chi connectivity index (χ3v) is 4.22. The lowest BCUT2D eigenvalue weighted by atomic mass is 9.85. The van der Waals surface area contributed by atoms with Gasteiger partial charge in [-0.1, -0.05) is 0 Å². The molecule has 6 N–H and O–H groups in total. The Morgan fingerprint density at radius 3 is 2.33 bits per heavy atom. The monoisotopic (exact) mass is 344 g/mol. The summed E-state index contributed by atoms with van der Waals surface area (Å²) in [6, 6.07) is 0. The van der Waals surface area contributed by atoms with E-state index in [1.54, 1.807) is 0 Å². The minimum absolute atomic E-state index is 0.157. The number of aliphatic hydroxyl groups excluding tert-OH is 3. The molecule has 5 atom stereocenters. The summed E-state index contributed by atoms with van der Waals surface area (Å²) in [6.45, 7) is -0.636. The van der Waals surface area contributed by atoms with E-state index in [4.69, 9.17) is 14.2 Å². The lowest BCUT2D eigenvalue weighted by molar-refractivity contribution is -0.235. The van der Waals surface area contributed by atoms with E-state index in [2.05, 4.69) is 0 Å². The molecule has 3 rings (SSSR count). The molecule has 0 aliphatic carbocycles. The maximum atomic E-state index is 12.2. The summed E-state index contributed by atoms with van der Waals surface area (Å²) >= 11 is 0. The Morgan fingerprint density at radius 2 is 1.75 bits per heavy atom. The van der Waals surface area contributed by atoms with Gasteiger partial charge in [0.05, 0.1) is 13.7 Å². The van der Waals surface area contributed by atoms with Gasteiger partial charge < -0.3 is 44.8 Å². The fourth-order valence-electron chi connectivity index (χ4n) is 3.03.